The first-order valence-corrected chi connectivity index (χ1v) is 15.1. The van der Waals surface area contributed by atoms with Gasteiger partial charge in [-0.2, -0.15) is 0 Å². The van der Waals surface area contributed by atoms with Crippen LogP contribution in [0, 0.1) is 0 Å². The third-order valence-electron chi connectivity index (χ3n) is 6.83. The van der Waals surface area contributed by atoms with Crippen molar-refractivity contribution in [2.24, 2.45) is 0 Å². The molecule has 0 aromatic rings. The molecule has 0 radical (unpaired) electrons. The monoisotopic (exact) mass is 446 g/mol. The second-order valence-corrected chi connectivity index (χ2v) is 11.3. The molecule has 0 N–H and O–H groups in total. The van der Waals surface area contributed by atoms with E-state index in [9.17, 15) is 0 Å². The minimum Gasteiger partial charge on any atom is -0.370 e. The van der Waals surface area contributed by atoms with Gasteiger partial charge >= 0.3 is 8.80 Å². The molecule has 0 spiro atoms. The number of unbranched alkanes of at least 4 members (excludes halogenated alkanes) is 9. The molecule has 0 amide bonds. The Morgan fingerprint density at radius 1 is 0.533 bits per heavy atom. The Labute approximate surface area is 191 Å². The van der Waals surface area contributed by atoms with Crippen molar-refractivity contribution in [3.05, 3.63) is 0 Å². The number of hydrogen-bond acceptors (Lipinski definition) is 3. The summed E-state index contributed by atoms with van der Waals surface area (Å²) in [4.78, 5) is 0. The van der Waals surface area contributed by atoms with E-state index >= 15 is 0 Å². The van der Waals surface area contributed by atoms with Gasteiger partial charge in [-0.1, -0.05) is 64.7 Å². The highest BCUT2D eigenvalue weighted by Crippen LogP contribution is 2.30. The molecule has 0 aromatic heterocycles. The topological polar surface area (TPSA) is 27.7 Å². The fourth-order valence-corrected chi connectivity index (χ4v) is 8.77. The van der Waals surface area contributed by atoms with Gasteiger partial charge in [0.05, 0.1) is 19.6 Å². The molecule has 0 fully saturated rings. The molecule has 4 nitrogen and oxygen atoms in total. The third kappa shape index (κ3) is 10.1. The van der Waals surface area contributed by atoms with Crippen LogP contribution in [-0.4, -0.2) is 58.4 Å². The van der Waals surface area contributed by atoms with Crippen LogP contribution in [0.15, 0.2) is 0 Å². The summed E-state index contributed by atoms with van der Waals surface area (Å²) in [6, 6.07) is 0. The van der Waals surface area contributed by atoms with Crippen molar-refractivity contribution < 1.29 is 17.8 Å². The van der Waals surface area contributed by atoms with Crippen LogP contribution in [0.5, 0.6) is 0 Å². The molecule has 182 valence electrons. The standard InChI is InChI=1S/C25H56NO3Si/c1-8-15-16-17-18-19-20-21-22-23-24-25(26(9-2,10-3)11-4)30(27-12-5,28-13-6)29-14-7/h25H,8-24H2,1-7H3/q+1. The molecule has 0 aliphatic carbocycles. The van der Waals surface area contributed by atoms with E-state index in [0.717, 1.165) is 30.5 Å². The van der Waals surface area contributed by atoms with E-state index in [4.69, 9.17) is 13.3 Å². The molecule has 1 atom stereocenters. The van der Waals surface area contributed by atoms with E-state index in [0.29, 0.717) is 25.5 Å². The zero-order valence-electron chi connectivity index (χ0n) is 21.8. The van der Waals surface area contributed by atoms with Gasteiger partial charge in [0.2, 0.25) is 0 Å². The fourth-order valence-electron chi connectivity index (χ4n) is 4.96. The van der Waals surface area contributed by atoms with Gasteiger partial charge in [0.25, 0.3) is 0 Å². The molecule has 0 aromatic carbocycles. The summed E-state index contributed by atoms with van der Waals surface area (Å²) in [5.41, 5.74) is 0.339. The Morgan fingerprint density at radius 2 is 0.900 bits per heavy atom. The first-order valence-electron chi connectivity index (χ1n) is 13.3. The van der Waals surface area contributed by atoms with Crippen LogP contribution >= 0.6 is 0 Å². The van der Waals surface area contributed by atoms with E-state index in [1.807, 2.05) is 0 Å². The zero-order valence-corrected chi connectivity index (χ0v) is 22.8. The van der Waals surface area contributed by atoms with Gasteiger partial charge in [0.1, 0.15) is 0 Å². The van der Waals surface area contributed by atoms with Crippen LogP contribution in [0.25, 0.3) is 0 Å². The highest BCUT2D eigenvalue weighted by molar-refractivity contribution is 6.62. The van der Waals surface area contributed by atoms with Crippen molar-refractivity contribution in [1.82, 2.24) is 0 Å². The van der Waals surface area contributed by atoms with Gasteiger partial charge in [-0.15, -0.1) is 0 Å². The summed E-state index contributed by atoms with van der Waals surface area (Å²) in [5.74, 6) is 0. The van der Waals surface area contributed by atoms with E-state index in [-0.39, 0.29) is 0 Å². The Bertz CT molecular complexity index is 352. The Hall–Kier alpha value is 0.0569. The maximum absolute atomic E-state index is 6.41. The zero-order chi connectivity index (χ0) is 22.7. The lowest BCUT2D eigenvalue weighted by Crippen LogP contribution is -2.70. The number of nitrogens with zero attached hydrogens (tertiary/aromatic N) is 1. The Kier molecular flexibility index (Phi) is 18.6. The van der Waals surface area contributed by atoms with Gasteiger partial charge < -0.3 is 17.8 Å². The third-order valence-corrected chi connectivity index (χ3v) is 10.6. The Balaban J connectivity index is 4.98. The molecule has 0 bridgehead atoms. The smallest absolute Gasteiger partial charge is 0.370 e. The quantitative estimate of drug-likeness (QED) is 0.101. The lowest BCUT2D eigenvalue weighted by Gasteiger charge is -2.48. The number of hydrogen-bond donors (Lipinski definition) is 0. The SMILES string of the molecule is CCCCCCCCCCCCC([N+](CC)(CC)CC)[Si](OCC)(OCC)OCC. The van der Waals surface area contributed by atoms with Crippen molar-refractivity contribution >= 4 is 8.80 Å². The van der Waals surface area contributed by atoms with Crippen LogP contribution in [0.2, 0.25) is 0 Å². The average Bonchev–Trinajstić information content (AvgIpc) is 2.75. The van der Waals surface area contributed by atoms with Gasteiger partial charge in [-0.05, 0) is 48.0 Å². The van der Waals surface area contributed by atoms with Crippen LogP contribution in [0.4, 0.5) is 0 Å². The molecule has 0 saturated heterocycles. The summed E-state index contributed by atoms with van der Waals surface area (Å²) in [6.07, 6.45) is 14.9. The second kappa shape index (κ2) is 18.6. The highest BCUT2D eigenvalue weighted by atomic mass is 28.4. The van der Waals surface area contributed by atoms with Gasteiger partial charge in [-0.25, -0.2) is 0 Å². The predicted molar refractivity (Wildman–Crippen MR) is 133 cm³/mol. The van der Waals surface area contributed by atoms with Gasteiger partial charge in [0, 0.05) is 26.2 Å². The number of rotatable bonds is 22. The summed E-state index contributed by atoms with van der Waals surface area (Å²) in [6.45, 7) is 20.8. The Morgan fingerprint density at radius 3 is 1.23 bits per heavy atom. The molecular weight excluding hydrogens is 390 g/mol. The van der Waals surface area contributed by atoms with E-state index in [1.54, 1.807) is 0 Å². The molecule has 0 rings (SSSR count). The van der Waals surface area contributed by atoms with Crippen molar-refractivity contribution in [2.45, 2.75) is 125 Å². The van der Waals surface area contributed by atoms with Crippen LogP contribution in [0.3, 0.4) is 0 Å². The molecule has 5 heteroatoms. The first kappa shape index (κ1) is 30.1. The molecule has 0 saturated carbocycles. The van der Waals surface area contributed by atoms with Crippen LogP contribution < -0.4 is 0 Å². The molecule has 1 unspecified atom stereocenters. The van der Waals surface area contributed by atoms with Crippen LogP contribution in [0.1, 0.15) is 119 Å². The van der Waals surface area contributed by atoms with E-state index in [2.05, 4.69) is 48.5 Å². The van der Waals surface area contributed by atoms with E-state index < -0.39 is 8.80 Å². The van der Waals surface area contributed by atoms with Crippen LogP contribution in [-0.2, 0) is 13.3 Å². The molecular formula is C25H56NO3Si+. The summed E-state index contributed by atoms with van der Waals surface area (Å²) < 4.78 is 20.3. The minimum absolute atomic E-state index is 0.339. The maximum Gasteiger partial charge on any atom is 0.562 e. The normalized spacial score (nSPS) is 13.7. The second-order valence-electron chi connectivity index (χ2n) is 8.56. The minimum atomic E-state index is -2.75. The lowest BCUT2D eigenvalue weighted by molar-refractivity contribution is -0.938. The predicted octanol–water partition coefficient (Wildman–Crippen LogP) is 7.13. The maximum atomic E-state index is 6.41. The van der Waals surface area contributed by atoms with Crippen molar-refractivity contribution in [1.29, 1.82) is 0 Å². The lowest BCUT2D eigenvalue weighted by atomic mass is 10.1. The van der Waals surface area contributed by atoms with Gasteiger partial charge in [-0.3, -0.25) is 0 Å². The van der Waals surface area contributed by atoms with Crippen molar-refractivity contribution in [3.63, 3.8) is 0 Å². The summed E-state index contributed by atoms with van der Waals surface area (Å²) >= 11 is 0. The van der Waals surface area contributed by atoms with Gasteiger partial charge in [0.15, 0.2) is 5.67 Å². The highest BCUT2D eigenvalue weighted by Gasteiger charge is 2.58. The molecule has 0 heterocycles. The first-order chi connectivity index (χ1) is 14.6. The average molecular weight is 447 g/mol. The van der Waals surface area contributed by atoms with Crippen molar-refractivity contribution in [2.75, 3.05) is 39.5 Å². The summed E-state index contributed by atoms with van der Waals surface area (Å²) in [7, 11) is -2.75. The molecule has 0 aliphatic rings. The summed E-state index contributed by atoms with van der Waals surface area (Å²) in [5, 5.41) is 0. The number of quaternary nitrogens is 1. The molecule has 30 heavy (non-hydrogen) atoms. The largest absolute Gasteiger partial charge is 0.562 e. The molecule has 0 aliphatic heterocycles. The fraction of sp³-hybridized carbons (Fsp3) is 1.00. The van der Waals surface area contributed by atoms with E-state index in [1.165, 1.54) is 64.2 Å². The van der Waals surface area contributed by atoms with Crippen molar-refractivity contribution in [3.8, 4) is 0 Å².